The molecule has 1 aromatic carbocycles. The minimum Gasteiger partial charge on any atom is -0.351 e. The third-order valence-electron chi connectivity index (χ3n) is 3.56. The summed E-state index contributed by atoms with van der Waals surface area (Å²) in [6, 6.07) is 10.2. The third-order valence-corrected chi connectivity index (χ3v) is 4.72. The van der Waals surface area contributed by atoms with Gasteiger partial charge in [0, 0.05) is 13.0 Å². The number of unbranched alkanes of at least 4 members (excludes halogenated alkanes) is 1. The molecule has 0 spiro atoms. The van der Waals surface area contributed by atoms with Crippen LogP contribution in [0.15, 0.2) is 30.3 Å². The van der Waals surface area contributed by atoms with E-state index in [1.807, 2.05) is 25.1 Å². The number of aryl methyl sites for hydroxylation is 1. The maximum Gasteiger partial charge on any atom is 0.263 e. The molecule has 0 saturated carbocycles. The molecule has 1 aromatic heterocycles. The summed E-state index contributed by atoms with van der Waals surface area (Å²) in [4.78, 5) is 19.7. The number of nitrogens with one attached hydrogen (secondary N) is 1. The van der Waals surface area contributed by atoms with Crippen LogP contribution >= 0.6 is 11.3 Å². The Labute approximate surface area is 142 Å². The molecule has 0 aliphatic heterocycles. The molecule has 1 N–H and O–H groups in total. The van der Waals surface area contributed by atoms with Crippen molar-refractivity contribution in [3.8, 4) is 0 Å². The SMILES string of the molecule is Cc1nc(Cc2ccccc2)sc1C(=O)NCCCCN(C)C. The van der Waals surface area contributed by atoms with Crippen LogP contribution < -0.4 is 5.32 Å². The molecule has 5 heteroatoms. The first-order valence-corrected chi connectivity index (χ1v) is 8.81. The Bertz CT molecular complexity index is 622. The molecule has 2 rings (SSSR count). The molecule has 0 fully saturated rings. The van der Waals surface area contributed by atoms with E-state index in [1.165, 1.54) is 16.9 Å². The van der Waals surface area contributed by atoms with Gasteiger partial charge in [0.2, 0.25) is 0 Å². The maximum absolute atomic E-state index is 12.3. The van der Waals surface area contributed by atoms with Crippen molar-refractivity contribution in [2.45, 2.75) is 26.2 Å². The van der Waals surface area contributed by atoms with E-state index in [0.29, 0.717) is 0 Å². The summed E-state index contributed by atoms with van der Waals surface area (Å²) in [5.74, 6) is 0.00386. The number of hydrogen-bond acceptors (Lipinski definition) is 4. The molecule has 0 bridgehead atoms. The van der Waals surface area contributed by atoms with E-state index in [9.17, 15) is 4.79 Å². The number of benzene rings is 1. The predicted octanol–water partition coefficient (Wildman–Crippen LogP) is 3.11. The second-order valence-electron chi connectivity index (χ2n) is 5.95. The molecule has 2 aromatic rings. The van der Waals surface area contributed by atoms with Gasteiger partial charge in [-0.05, 0) is 46.0 Å². The second-order valence-corrected chi connectivity index (χ2v) is 7.03. The fourth-order valence-corrected chi connectivity index (χ4v) is 3.36. The molecule has 124 valence electrons. The van der Waals surface area contributed by atoms with Gasteiger partial charge in [-0.1, -0.05) is 30.3 Å². The fourth-order valence-electron chi connectivity index (χ4n) is 2.34. The Morgan fingerprint density at radius 3 is 2.65 bits per heavy atom. The van der Waals surface area contributed by atoms with Gasteiger partial charge in [0.1, 0.15) is 4.88 Å². The number of hydrogen-bond donors (Lipinski definition) is 1. The van der Waals surface area contributed by atoms with Crippen molar-refractivity contribution >= 4 is 17.2 Å². The molecule has 0 atom stereocenters. The predicted molar refractivity (Wildman–Crippen MR) is 96.2 cm³/mol. The Kier molecular flexibility index (Phi) is 6.74. The Morgan fingerprint density at radius 2 is 1.96 bits per heavy atom. The highest BCUT2D eigenvalue weighted by atomic mass is 32.1. The summed E-state index contributed by atoms with van der Waals surface area (Å²) in [5.41, 5.74) is 2.05. The highest BCUT2D eigenvalue weighted by molar-refractivity contribution is 7.13. The highest BCUT2D eigenvalue weighted by Crippen LogP contribution is 2.20. The van der Waals surface area contributed by atoms with E-state index < -0.39 is 0 Å². The molecular weight excluding hydrogens is 306 g/mol. The Balaban J connectivity index is 1.86. The second kappa shape index (κ2) is 8.79. The van der Waals surface area contributed by atoms with Gasteiger partial charge in [-0.3, -0.25) is 4.79 Å². The van der Waals surface area contributed by atoms with E-state index >= 15 is 0 Å². The molecule has 0 saturated heterocycles. The summed E-state index contributed by atoms with van der Waals surface area (Å²) < 4.78 is 0. The number of carbonyl (C=O) groups is 1. The molecule has 0 aliphatic carbocycles. The summed E-state index contributed by atoms with van der Waals surface area (Å²) >= 11 is 1.50. The first-order valence-electron chi connectivity index (χ1n) is 7.99. The van der Waals surface area contributed by atoms with Crippen LogP contribution in [0, 0.1) is 6.92 Å². The Hall–Kier alpha value is -1.72. The van der Waals surface area contributed by atoms with E-state index in [1.54, 1.807) is 0 Å². The van der Waals surface area contributed by atoms with E-state index in [4.69, 9.17) is 0 Å². The summed E-state index contributed by atoms with van der Waals surface area (Å²) in [5, 5.41) is 4.00. The van der Waals surface area contributed by atoms with Gasteiger partial charge in [0.15, 0.2) is 0 Å². The van der Waals surface area contributed by atoms with E-state index in [0.717, 1.165) is 47.9 Å². The van der Waals surface area contributed by atoms with Crippen molar-refractivity contribution < 1.29 is 4.79 Å². The van der Waals surface area contributed by atoms with Crippen molar-refractivity contribution in [3.05, 3.63) is 51.5 Å². The summed E-state index contributed by atoms with van der Waals surface area (Å²) in [7, 11) is 4.13. The Morgan fingerprint density at radius 1 is 1.22 bits per heavy atom. The van der Waals surface area contributed by atoms with Crippen LogP contribution in [-0.4, -0.2) is 43.0 Å². The van der Waals surface area contributed by atoms with Gasteiger partial charge in [-0.25, -0.2) is 4.98 Å². The van der Waals surface area contributed by atoms with Crippen LogP contribution in [0.5, 0.6) is 0 Å². The van der Waals surface area contributed by atoms with Crippen molar-refractivity contribution in [3.63, 3.8) is 0 Å². The fraction of sp³-hybridized carbons (Fsp3) is 0.444. The zero-order valence-corrected chi connectivity index (χ0v) is 14.9. The summed E-state index contributed by atoms with van der Waals surface area (Å²) in [6.45, 7) is 3.68. The molecule has 4 nitrogen and oxygen atoms in total. The van der Waals surface area contributed by atoms with Gasteiger partial charge in [0.25, 0.3) is 5.91 Å². The number of amides is 1. The number of rotatable bonds is 8. The lowest BCUT2D eigenvalue weighted by molar-refractivity contribution is 0.0956. The van der Waals surface area contributed by atoms with Crippen LogP contribution in [0.4, 0.5) is 0 Å². The topological polar surface area (TPSA) is 45.2 Å². The van der Waals surface area contributed by atoms with Crippen LogP contribution in [0.2, 0.25) is 0 Å². The third kappa shape index (κ3) is 5.77. The smallest absolute Gasteiger partial charge is 0.263 e. The van der Waals surface area contributed by atoms with Gasteiger partial charge in [-0.2, -0.15) is 0 Å². The number of carbonyl (C=O) groups excluding carboxylic acids is 1. The summed E-state index contributed by atoms with van der Waals surface area (Å²) in [6.07, 6.45) is 2.87. The molecule has 23 heavy (non-hydrogen) atoms. The number of nitrogens with zero attached hydrogens (tertiary/aromatic N) is 2. The van der Waals surface area contributed by atoms with Gasteiger partial charge in [-0.15, -0.1) is 11.3 Å². The normalized spacial score (nSPS) is 11.0. The lowest BCUT2D eigenvalue weighted by Gasteiger charge is -2.09. The van der Waals surface area contributed by atoms with E-state index in [2.05, 4.69) is 41.4 Å². The lowest BCUT2D eigenvalue weighted by Crippen LogP contribution is -2.25. The van der Waals surface area contributed by atoms with Crippen molar-refractivity contribution in [1.82, 2.24) is 15.2 Å². The van der Waals surface area contributed by atoms with Crippen molar-refractivity contribution in [1.29, 1.82) is 0 Å². The number of thiazole rings is 1. The minimum absolute atomic E-state index is 0.00386. The van der Waals surface area contributed by atoms with Crippen LogP contribution in [0.1, 0.15) is 38.8 Å². The van der Waals surface area contributed by atoms with Crippen molar-refractivity contribution in [2.75, 3.05) is 27.2 Å². The number of aromatic nitrogens is 1. The largest absolute Gasteiger partial charge is 0.351 e. The first kappa shape index (κ1) is 17.6. The average Bonchev–Trinajstić information content (AvgIpc) is 2.88. The maximum atomic E-state index is 12.3. The van der Waals surface area contributed by atoms with Crippen LogP contribution in [-0.2, 0) is 6.42 Å². The minimum atomic E-state index is 0.00386. The van der Waals surface area contributed by atoms with E-state index in [-0.39, 0.29) is 5.91 Å². The van der Waals surface area contributed by atoms with Crippen LogP contribution in [0.3, 0.4) is 0 Å². The lowest BCUT2D eigenvalue weighted by atomic mass is 10.2. The zero-order chi connectivity index (χ0) is 16.7. The molecular formula is C18H25N3OS. The highest BCUT2D eigenvalue weighted by Gasteiger charge is 2.15. The molecule has 0 unspecified atom stereocenters. The van der Waals surface area contributed by atoms with Gasteiger partial charge >= 0.3 is 0 Å². The van der Waals surface area contributed by atoms with Crippen molar-refractivity contribution in [2.24, 2.45) is 0 Å². The molecule has 1 amide bonds. The first-order chi connectivity index (χ1) is 11.1. The monoisotopic (exact) mass is 331 g/mol. The van der Waals surface area contributed by atoms with Crippen LogP contribution in [0.25, 0.3) is 0 Å². The molecule has 0 aliphatic rings. The average molecular weight is 331 g/mol. The zero-order valence-electron chi connectivity index (χ0n) is 14.1. The molecule has 1 heterocycles. The standard InChI is InChI=1S/C18H25N3OS/c1-14-17(18(22)19-11-7-8-12-21(2)3)23-16(20-14)13-15-9-5-4-6-10-15/h4-6,9-10H,7-8,11-13H2,1-3H3,(H,19,22). The van der Waals surface area contributed by atoms with Gasteiger partial charge < -0.3 is 10.2 Å². The van der Waals surface area contributed by atoms with Gasteiger partial charge in [0.05, 0.1) is 10.7 Å². The quantitative estimate of drug-likeness (QED) is 0.756. The molecule has 0 radical (unpaired) electrons.